The molecule has 7 nitrogen and oxygen atoms in total. The van der Waals surface area contributed by atoms with E-state index in [-0.39, 0.29) is 17.8 Å². The van der Waals surface area contributed by atoms with Gasteiger partial charge in [-0.05, 0) is 30.5 Å². The van der Waals surface area contributed by atoms with E-state index in [4.69, 9.17) is 10.00 Å². The molecule has 0 bridgehead atoms. The molecule has 1 aromatic carbocycles. The van der Waals surface area contributed by atoms with Crippen molar-refractivity contribution in [3.8, 4) is 11.8 Å². The van der Waals surface area contributed by atoms with E-state index in [1.54, 1.807) is 17.5 Å². The second-order valence-electron chi connectivity index (χ2n) is 5.93. The fourth-order valence-electron chi connectivity index (χ4n) is 2.55. The summed E-state index contributed by atoms with van der Waals surface area (Å²) in [5, 5.41) is 23.2. The Kier molecular flexibility index (Phi) is 7.05. The third-order valence-corrected chi connectivity index (χ3v) is 5.64. The third kappa shape index (κ3) is 5.25. The predicted octanol–water partition coefficient (Wildman–Crippen LogP) is 4.27. The maximum atomic E-state index is 12.3. The first kappa shape index (κ1) is 20.6. The number of nitrogens with zero attached hydrogens (tertiary/aromatic N) is 4. The quantitative estimate of drug-likeness (QED) is 0.407. The first-order valence-electron chi connectivity index (χ1n) is 8.78. The summed E-state index contributed by atoms with van der Waals surface area (Å²) in [6, 6.07) is 13.2. The molecular weight excluding hydrogens is 406 g/mol. The Morgan fingerprint density at radius 3 is 2.93 bits per heavy atom. The van der Waals surface area contributed by atoms with Gasteiger partial charge in [0.2, 0.25) is 5.91 Å². The molecule has 2 heterocycles. The zero-order valence-corrected chi connectivity index (χ0v) is 17.4. The number of thioether (sulfide) groups is 1. The highest BCUT2D eigenvalue weighted by atomic mass is 32.2. The number of ether oxygens (including phenoxy) is 1. The van der Waals surface area contributed by atoms with Gasteiger partial charge in [-0.1, -0.05) is 36.0 Å². The molecule has 3 aromatic rings. The van der Waals surface area contributed by atoms with Gasteiger partial charge in [0.15, 0.2) is 17.1 Å². The number of thiophene rings is 1. The molecule has 0 radical (unpaired) electrons. The molecule has 2 aromatic heterocycles. The van der Waals surface area contributed by atoms with Gasteiger partial charge >= 0.3 is 0 Å². The minimum atomic E-state index is -0.322. The van der Waals surface area contributed by atoms with E-state index in [1.807, 2.05) is 41.8 Å². The Bertz CT molecular complexity index is 1020. The van der Waals surface area contributed by atoms with Crippen molar-refractivity contribution in [1.82, 2.24) is 14.8 Å². The zero-order chi connectivity index (χ0) is 20.6. The van der Waals surface area contributed by atoms with Crippen molar-refractivity contribution in [1.29, 1.82) is 5.26 Å². The lowest BCUT2D eigenvalue weighted by molar-refractivity contribution is -0.113. The van der Waals surface area contributed by atoms with Crippen molar-refractivity contribution in [2.24, 2.45) is 0 Å². The van der Waals surface area contributed by atoms with Crippen LogP contribution < -0.4 is 10.1 Å². The summed E-state index contributed by atoms with van der Waals surface area (Å²) >= 11 is 2.59. The molecule has 3 rings (SSSR count). The molecule has 1 amide bonds. The number of nitrogens with one attached hydrogen (secondary N) is 1. The Labute approximate surface area is 177 Å². The first-order valence-corrected chi connectivity index (χ1v) is 10.6. The molecular formula is C20H19N5O2S2. The SMILES string of the molecule is C=CCn1c(SCC(=O)Nc2sccc2C#N)nnc1C(C)Oc1ccccc1. The number of amides is 1. The summed E-state index contributed by atoms with van der Waals surface area (Å²) in [6.45, 7) is 6.19. The molecule has 0 fully saturated rings. The van der Waals surface area contributed by atoms with E-state index in [1.165, 1.54) is 23.1 Å². The molecule has 0 aliphatic carbocycles. The van der Waals surface area contributed by atoms with E-state index in [2.05, 4.69) is 28.2 Å². The van der Waals surface area contributed by atoms with Gasteiger partial charge < -0.3 is 10.1 Å². The molecule has 148 valence electrons. The number of carbonyl (C=O) groups excluding carboxylic acids is 1. The molecule has 0 aliphatic heterocycles. The minimum Gasteiger partial charge on any atom is -0.483 e. The molecule has 9 heteroatoms. The van der Waals surface area contributed by atoms with Gasteiger partial charge in [0.25, 0.3) is 0 Å². The van der Waals surface area contributed by atoms with Gasteiger partial charge in [-0.15, -0.1) is 28.1 Å². The highest BCUT2D eigenvalue weighted by Crippen LogP contribution is 2.26. The van der Waals surface area contributed by atoms with Crippen molar-refractivity contribution in [3.63, 3.8) is 0 Å². The van der Waals surface area contributed by atoms with Crippen LogP contribution in [-0.2, 0) is 11.3 Å². The molecule has 0 aliphatic rings. The molecule has 29 heavy (non-hydrogen) atoms. The number of rotatable bonds is 9. The summed E-state index contributed by atoms with van der Waals surface area (Å²) in [4.78, 5) is 12.3. The molecule has 1 N–H and O–H groups in total. The standard InChI is InChI=1S/C20H19N5O2S2/c1-3-10-25-18(14(2)27-16-7-5-4-6-8-16)23-24-20(25)29-13-17(26)22-19-15(12-21)9-11-28-19/h3-9,11,14H,1,10,13H2,2H3,(H,22,26). The Balaban J connectivity index is 1.67. The number of para-hydroxylation sites is 1. The minimum absolute atomic E-state index is 0.145. The fourth-order valence-corrected chi connectivity index (χ4v) is 4.06. The van der Waals surface area contributed by atoms with Crippen LogP contribution >= 0.6 is 23.1 Å². The molecule has 1 atom stereocenters. The van der Waals surface area contributed by atoms with Crippen molar-refractivity contribution in [2.75, 3.05) is 11.1 Å². The summed E-state index contributed by atoms with van der Waals surface area (Å²) < 4.78 is 7.83. The second kappa shape index (κ2) is 9.91. The highest BCUT2D eigenvalue weighted by Gasteiger charge is 2.20. The maximum Gasteiger partial charge on any atom is 0.235 e. The highest BCUT2D eigenvalue weighted by molar-refractivity contribution is 7.99. The third-order valence-electron chi connectivity index (χ3n) is 3.85. The van der Waals surface area contributed by atoms with Crippen LogP contribution in [-0.4, -0.2) is 26.4 Å². The molecule has 1 unspecified atom stereocenters. The van der Waals surface area contributed by atoms with Crippen LogP contribution in [0, 0.1) is 11.3 Å². The van der Waals surface area contributed by atoms with Crippen molar-refractivity contribution in [2.45, 2.75) is 24.7 Å². The Morgan fingerprint density at radius 2 is 2.21 bits per heavy atom. The first-order chi connectivity index (χ1) is 14.1. The number of benzene rings is 1. The van der Waals surface area contributed by atoms with Crippen LogP contribution in [0.5, 0.6) is 5.75 Å². The van der Waals surface area contributed by atoms with E-state index in [0.29, 0.717) is 28.1 Å². The summed E-state index contributed by atoms with van der Waals surface area (Å²) in [7, 11) is 0. The van der Waals surface area contributed by atoms with E-state index in [0.717, 1.165) is 5.75 Å². The van der Waals surface area contributed by atoms with Gasteiger partial charge in [0, 0.05) is 6.54 Å². The van der Waals surface area contributed by atoms with E-state index in [9.17, 15) is 4.79 Å². The number of hydrogen-bond acceptors (Lipinski definition) is 7. The molecule has 0 saturated heterocycles. The fraction of sp³-hybridized carbons (Fsp3) is 0.200. The number of allylic oxidation sites excluding steroid dienone is 1. The van der Waals surface area contributed by atoms with Crippen molar-refractivity contribution >= 4 is 34.0 Å². The monoisotopic (exact) mass is 425 g/mol. The molecule has 0 spiro atoms. The second-order valence-corrected chi connectivity index (χ2v) is 7.78. The van der Waals surface area contributed by atoms with Crippen LogP contribution in [0.1, 0.15) is 24.4 Å². The summed E-state index contributed by atoms with van der Waals surface area (Å²) in [5.41, 5.74) is 0.456. The van der Waals surface area contributed by atoms with E-state index >= 15 is 0 Å². The number of aromatic nitrogens is 3. The smallest absolute Gasteiger partial charge is 0.235 e. The normalized spacial score (nSPS) is 11.4. The largest absolute Gasteiger partial charge is 0.483 e. The lowest BCUT2D eigenvalue weighted by atomic mass is 10.3. The average Bonchev–Trinajstić information content (AvgIpc) is 3.34. The number of hydrogen-bond donors (Lipinski definition) is 1. The molecule has 0 saturated carbocycles. The van der Waals surface area contributed by atoms with Crippen LogP contribution in [0.2, 0.25) is 0 Å². The van der Waals surface area contributed by atoms with Crippen molar-refractivity contribution in [3.05, 3.63) is 65.8 Å². The maximum absolute atomic E-state index is 12.3. The van der Waals surface area contributed by atoms with Gasteiger partial charge in [-0.2, -0.15) is 5.26 Å². The van der Waals surface area contributed by atoms with Crippen LogP contribution in [0.4, 0.5) is 5.00 Å². The predicted molar refractivity (Wildman–Crippen MR) is 114 cm³/mol. The van der Waals surface area contributed by atoms with Crippen LogP contribution in [0.25, 0.3) is 0 Å². The number of nitriles is 1. The summed E-state index contributed by atoms with van der Waals surface area (Å²) in [5.74, 6) is 1.33. The van der Waals surface area contributed by atoms with Crippen molar-refractivity contribution < 1.29 is 9.53 Å². The van der Waals surface area contributed by atoms with Crippen LogP contribution in [0.15, 0.2) is 59.6 Å². The average molecular weight is 426 g/mol. The van der Waals surface area contributed by atoms with Gasteiger partial charge in [0.1, 0.15) is 16.8 Å². The van der Waals surface area contributed by atoms with Crippen LogP contribution in [0.3, 0.4) is 0 Å². The lowest BCUT2D eigenvalue weighted by Crippen LogP contribution is -2.15. The summed E-state index contributed by atoms with van der Waals surface area (Å²) in [6.07, 6.45) is 1.43. The lowest BCUT2D eigenvalue weighted by Gasteiger charge is -2.15. The van der Waals surface area contributed by atoms with Gasteiger partial charge in [-0.25, -0.2) is 0 Å². The Hall–Kier alpha value is -3.09. The topological polar surface area (TPSA) is 92.8 Å². The Morgan fingerprint density at radius 1 is 1.41 bits per heavy atom. The zero-order valence-electron chi connectivity index (χ0n) is 15.7. The number of carbonyl (C=O) groups is 1. The number of anilines is 1. The van der Waals surface area contributed by atoms with Gasteiger partial charge in [0.05, 0.1) is 11.3 Å². The van der Waals surface area contributed by atoms with E-state index < -0.39 is 0 Å². The van der Waals surface area contributed by atoms with Gasteiger partial charge in [-0.3, -0.25) is 9.36 Å².